The third-order valence-electron chi connectivity index (χ3n) is 2.62. The zero-order valence-electron chi connectivity index (χ0n) is 7.76. The SMILES string of the molecule is CC(C)(CCC1CCN1)C(=O)O. The molecule has 0 spiro atoms. The average Bonchev–Trinajstić information content (AvgIpc) is 1.83. The van der Waals surface area contributed by atoms with Crippen molar-refractivity contribution in [3.63, 3.8) is 0 Å². The van der Waals surface area contributed by atoms with Crippen molar-refractivity contribution in [1.29, 1.82) is 0 Å². The Balaban J connectivity index is 2.24. The standard InChI is InChI=1S/C9H17NO2/c1-9(2,8(11)12)5-3-7-4-6-10-7/h7,10H,3-6H2,1-2H3,(H,11,12). The van der Waals surface area contributed by atoms with Crippen molar-refractivity contribution in [3.8, 4) is 0 Å². The van der Waals surface area contributed by atoms with Crippen LogP contribution in [0.4, 0.5) is 0 Å². The minimum atomic E-state index is -0.693. The summed E-state index contributed by atoms with van der Waals surface area (Å²) in [7, 11) is 0. The maximum absolute atomic E-state index is 10.7. The van der Waals surface area contributed by atoms with E-state index in [0.29, 0.717) is 6.04 Å². The highest BCUT2D eigenvalue weighted by molar-refractivity contribution is 5.73. The fourth-order valence-electron chi connectivity index (χ4n) is 1.24. The molecule has 1 heterocycles. The second kappa shape index (κ2) is 3.44. The molecule has 12 heavy (non-hydrogen) atoms. The van der Waals surface area contributed by atoms with E-state index in [1.165, 1.54) is 6.42 Å². The summed E-state index contributed by atoms with van der Waals surface area (Å²) in [6.45, 7) is 4.67. The molecular formula is C9H17NO2. The lowest BCUT2D eigenvalue weighted by atomic mass is 9.85. The molecule has 1 fully saturated rings. The maximum Gasteiger partial charge on any atom is 0.309 e. The highest BCUT2D eigenvalue weighted by Crippen LogP contribution is 2.25. The van der Waals surface area contributed by atoms with Gasteiger partial charge in [-0.2, -0.15) is 0 Å². The Hall–Kier alpha value is -0.570. The Bertz CT molecular complexity index is 173. The number of nitrogens with one attached hydrogen (secondary N) is 1. The number of carboxylic acids is 1. The fraction of sp³-hybridized carbons (Fsp3) is 0.889. The van der Waals surface area contributed by atoms with Crippen LogP contribution in [0.1, 0.15) is 33.1 Å². The first-order valence-corrected chi connectivity index (χ1v) is 4.49. The number of hydrogen-bond donors (Lipinski definition) is 2. The van der Waals surface area contributed by atoms with E-state index in [2.05, 4.69) is 5.32 Å². The van der Waals surface area contributed by atoms with Crippen LogP contribution in [0, 0.1) is 5.41 Å². The number of carbonyl (C=O) groups is 1. The van der Waals surface area contributed by atoms with E-state index < -0.39 is 11.4 Å². The summed E-state index contributed by atoms with van der Waals surface area (Å²) in [6, 6.07) is 0.573. The second-order valence-corrected chi connectivity index (χ2v) is 4.17. The third-order valence-corrected chi connectivity index (χ3v) is 2.62. The first-order valence-electron chi connectivity index (χ1n) is 4.49. The first kappa shape index (κ1) is 9.52. The van der Waals surface area contributed by atoms with E-state index in [0.717, 1.165) is 19.4 Å². The van der Waals surface area contributed by atoms with E-state index in [1.807, 2.05) is 0 Å². The van der Waals surface area contributed by atoms with Crippen molar-refractivity contribution in [2.24, 2.45) is 5.41 Å². The molecule has 0 amide bonds. The molecule has 0 saturated carbocycles. The molecule has 1 aliphatic heterocycles. The molecule has 70 valence electrons. The van der Waals surface area contributed by atoms with E-state index >= 15 is 0 Å². The smallest absolute Gasteiger partial charge is 0.309 e. The summed E-state index contributed by atoms with van der Waals surface area (Å²) in [6.07, 6.45) is 2.95. The third kappa shape index (κ3) is 2.21. The Kier molecular flexibility index (Phi) is 2.73. The number of carboxylic acid groups (broad SMARTS) is 1. The lowest BCUT2D eigenvalue weighted by Gasteiger charge is -2.30. The van der Waals surface area contributed by atoms with Gasteiger partial charge < -0.3 is 10.4 Å². The van der Waals surface area contributed by atoms with Gasteiger partial charge >= 0.3 is 5.97 Å². The molecule has 0 radical (unpaired) electrons. The van der Waals surface area contributed by atoms with Crippen LogP contribution in [-0.4, -0.2) is 23.7 Å². The topological polar surface area (TPSA) is 49.3 Å². The normalized spacial score (nSPS) is 23.3. The molecule has 0 aromatic heterocycles. The molecule has 0 aromatic carbocycles. The molecular weight excluding hydrogens is 154 g/mol. The summed E-state index contributed by atoms with van der Waals surface area (Å²) in [5.41, 5.74) is -0.558. The predicted octanol–water partition coefficient (Wildman–Crippen LogP) is 1.24. The van der Waals surface area contributed by atoms with E-state index in [-0.39, 0.29) is 0 Å². The van der Waals surface area contributed by atoms with Gasteiger partial charge in [0.15, 0.2) is 0 Å². The van der Waals surface area contributed by atoms with Gasteiger partial charge in [-0.25, -0.2) is 0 Å². The van der Waals surface area contributed by atoms with Gasteiger partial charge in [-0.1, -0.05) is 0 Å². The van der Waals surface area contributed by atoms with Gasteiger partial charge in [-0.05, 0) is 39.7 Å². The molecule has 3 heteroatoms. The van der Waals surface area contributed by atoms with Crippen LogP contribution in [0.3, 0.4) is 0 Å². The van der Waals surface area contributed by atoms with Crippen molar-refractivity contribution in [2.45, 2.75) is 39.2 Å². The summed E-state index contributed by atoms with van der Waals surface area (Å²) in [5, 5.41) is 12.1. The van der Waals surface area contributed by atoms with Gasteiger partial charge in [0.25, 0.3) is 0 Å². The van der Waals surface area contributed by atoms with Crippen LogP contribution in [0.5, 0.6) is 0 Å². The highest BCUT2D eigenvalue weighted by Gasteiger charge is 2.28. The van der Waals surface area contributed by atoms with Gasteiger partial charge in [0.05, 0.1) is 5.41 Å². The molecule has 1 rings (SSSR count). The van der Waals surface area contributed by atoms with Crippen LogP contribution >= 0.6 is 0 Å². The molecule has 2 N–H and O–H groups in total. The van der Waals surface area contributed by atoms with Crippen LogP contribution in [0.25, 0.3) is 0 Å². The Labute approximate surface area is 73.2 Å². The minimum absolute atomic E-state index is 0.558. The second-order valence-electron chi connectivity index (χ2n) is 4.17. The Morgan fingerprint density at radius 3 is 2.58 bits per heavy atom. The van der Waals surface area contributed by atoms with Crippen LogP contribution in [0.2, 0.25) is 0 Å². The van der Waals surface area contributed by atoms with Crippen molar-refractivity contribution >= 4 is 5.97 Å². The summed E-state index contributed by atoms with van der Waals surface area (Å²) in [5.74, 6) is -0.693. The maximum atomic E-state index is 10.7. The molecule has 1 saturated heterocycles. The van der Waals surface area contributed by atoms with Crippen molar-refractivity contribution in [2.75, 3.05) is 6.54 Å². The molecule has 0 aromatic rings. The molecule has 0 bridgehead atoms. The van der Waals surface area contributed by atoms with Crippen LogP contribution in [-0.2, 0) is 4.79 Å². The molecule has 1 unspecified atom stereocenters. The summed E-state index contributed by atoms with van der Waals surface area (Å²) in [4.78, 5) is 10.7. The van der Waals surface area contributed by atoms with Gasteiger partial charge in [0.1, 0.15) is 0 Å². The lowest BCUT2D eigenvalue weighted by Crippen LogP contribution is -2.43. The average molecular weight is 171 g/mol. The monoisotopic (exact) mass is 171 g/mol. The number of aliphatic carboxylic acids is 1. The Morgan fingerprint density at radius 1 is 1.67 bits per heavy atom. The fourth-order valence-corrected chi connectivity index (χ4v) is 1.24. The number of rotatable bonds is 4. The van der Waals surface area contributed by atoms with Gasteiger partial charge in [0.2, 0.25) is 0 Å². The zero-order chi connectivity index (χ0) is 9.19. The van der Waals surface area contributed by atoms with E-state index in [4.69, 9.17) is 5.11 Å². The first-order chi connectivity index (χ1) is 5.52. The van der Waals surface area contributed by atoms with E-state index in [9.17, 15) is 4.79 Å². The van der Waals surface area contributed by atoms with Gasteiger partial charge in [-0.3, -0.25) is 4.79 Å². The quantitative estimate of drug-likeness (QED) is 0.669. The van der Waals surface area contributed by atoms with Crippen molar-refractivity contribution in [3.05, 3.63) is 0 Å². The van der Waals surface area contributed by atoms with Crippen LogP contribution in [0.15, 0.2) is 0 Å². The molecule has 3 nitrogen and oxygen atoms in total. The summed E-state index contributed by atoms with van der Waals surface area (Å²) < 4.78 is 0. The molecule has 1 aliphatic rings. The van der Waals surface area contributed by atoms with E-state index in [1.54, 1.807) is 13.8 Å². The molecule has 1 atom stereocenters. The Morgan fingerprint density at radius 2 is 2.25 bits per heavy atom. The van der Waals surface area contributed by atoms with Gasteiger partial charge in [-0.15, -0.1) is 0 Å². The van der Waals surface area contributed by atoms with Gasteiger partial charge in [0, 0.05) is 6.04 Å². The van der Waals surface area contributed by atoms with Crippen molar-refractivity contribution in [1.82, 2.24) is 5.32 Å². The largest absolute Gasteiger partial charge is 0.481 e. The zero-order valence-corrected chi connectivity index (χ0v) is 7.76. The number of hydrogen-bond acceptors (Lipinski definition) is 2. The highest BCUT2D eigenvalue weighted by atomic mass is 16.4. The minimum Gasteiger partial charge on any atom is -0.481 e. The molecule has 0 aliphatic carbocycles. The lowest BCUT2D eigenvalue weighted by molar-refractivity contribution is -0.147. The van der Waals surface area contributed by atoms with Crippen molar-refractivity contribution < 1.29 is 9.90 Å². The summed E-state index contributed by atoms with van der Waals surface area (Å²) >= 11 is 0. The van der Waals surface area contributed by atoms with Crippen LogP contribution < -0.4 is 5.32 Å². The predicted molar refractivity (Wildman–Crippen MR) is 47.1 cm³/mol.